The van der Waals surface area contributed by atoms with Crippen molar-refractivity contribution >= 4 is 30.2 Å². The number of carbonyl (C=O) groups is 4. The van der Waals surface area contributed by atoms with Crippen molar-refractivity contribution in [2.24, 2.45) is 4.99 Å². The number of esters is 1. The van der Waals surface area contributed by atoms with Crippen LogP contribution >= 0.6 is 0 Å². The standard InChI is InChI=1S/C20H30N2O7/c1-8-27-16(24)15-13(21-11-9-14(15)23)10-12-22(17(25)28-19(2,3)4)18(26)29-20(5,6)7/h11H,8-10,12H2,1-7H3. The molecule has 2 amide bonds. The van der Waals surface area contributed by atoms with Gasteiger partial charge in [0.1, 0.15) is 16.8 Å². The normalized spacial score (nSPS) is 14.5. The fourth-order valence-corrected chi connectivity index (χ4v) is 2.30. The van der Waals surface area contributed by atoms with Gasteiger partial charge in [-0.05, 0) is 48.5 Å². The second-order valence-corrected chi connectivity index (χ2v) is 8.34. The summed E-state index contributed by atoms with van der Waals surface area (Å²) in [5.74, 6) is -1.19. The SMILES string of the molecule is CCOC(=O)C1=C(CCN(C(=O)OC(C)(C)C)C(=O)OC(C)(C)C)N=CCC1=O. The average Bonchev–Trinajstić information content (AvgIpc) is 2.51. The van der Waals surface area contributed by atoms with Gasteiger partial charge in [0.05, 0.1) is 12.3 Å². The lowest BCUT2D eigenvalue weighted by Crippen LogP contribution is -2.44. The Morgan fingerprint density at radius 3 is 2.00 bits per heavy atom. The van der Waals surface area contributed by atoms with Crippen LogP contribution in [-0.4, -0.2) is 59.4 Å². The largest absolute Gasteiger partial charge is 0.462 e. The molecule has 9 heteroatoms. The Bertz CT molecular complexity index is 696. The van der Waals surface area contributed by atoms with Crippen LogP contribution in [0.3, 0.4) is 0 Å². The van der Waals surface area contributed by atoms with Crippen molar-refractivity contribution in [1.82, 2.24) is 4.90 Å². The Kier molecular flexibility index (Phi) is 8.11. The summed E-state index contributed by atoms with van der Waals surface area (Å²) in [7, 11) is 0. The summed E-state index contributed by atoms with van der Waals surface area (Å²) in [6, 6.07) is 0. The van der Waals surface area contributed by atoms with Crippen LogP contribution in [0.1, 0.15) is 61.3 Å². The summed E-state index contributed by atoms with van der Waals surface area (Å²) in [6.07, 6.45) is -0.452. The number of hydrogen-bond donors (Lipinski definition) is 0. The fourth-order valence-electron chi connectivity index (χ4n) is 2.30. The van der Waals surface area contributed by atoms with Gasteiger partial charge < -0.3 is 14.2 Å². The van der Waals surface area contributed by atoms with E-state index in [9.17, 15) is 19.2 Å². The van der Waals surface area contributed by atoms with Crippen LogP contribution in [0.25, 0.3) is 0 Å². The zero-order valence-electron chi connectivity index (χ0n) is 18.2. The number of rotatable bonds is 5. The molecular formula is C20H30N2O7. The van der Waals surface area contributed by atoms with Crippen molar-refractivity contribution in [3.05, 3.63) is 11.3 Å². The van der Waals surface area contributed by atoms with Gasteiger partial charge in [0.25, 0.3) is 0 Å². The summed E-state index contributed by atoms with van der Waals surface area (Å²) < 4.78 is 15.5. The Hall–Kier alpha value is -2.71. The van der Waals surface area contributed by atoms with Crippen LogP contribution in [0.15, 0.2) is 16.3 Å². The highest BCUT2D eigenvalue weighted by molar-refractivity contribution is 6.22. The van der Waals surface area contributed by atoms with E-state index in [0.29, 0.717) is 0 Å². The summed E-state index contributed by atoms with van der Waals surface area (Å²) in [5.41, 5.74) is -1.67. The first-order valence-electron chi connectivity index (χ1n) is 9.44. The van der Waals surface area contributed by atoms with Crippen LogP contribution in [0.5, 0.6) is 0 Å². The van der Waals surface area contributed by atoms with E-state index >= 15 is 0 Å². The first kappa shape index (κ1) is 24.3. The summed E-state index contributed by atoms with van der Waals surface area (Å²) in [5, 5.41) is 0. The molecule has 162 valence electrons. The lowest BCUT2D eigenvalue weighted by molar-refractivity contribution is -0.140. The number of imide groups is 1. The smallest absolute Gasteiger partial charge is 0.419 e. The molecule has 0 aromatic carbocycles. The van der Waals surface area contributed by atoms with Crippen molar-refractivity contribution in [2.75, 3.05) is 13.2 Å². The van der Waals surface area contributed by atoms with E-state index in [1.807, 2.05) is 0 Å². The van der Waals surface area contributed by atoms with Crippen LogP contribution < -0.4 is 0 Å². The van der Waals surface area contributed by atoms with Crippen molar-refractivity contribution in [3.63, 3.8) is 0 Å². The van der Waals surface area contributed by atoms with E-state index in [0.717, 1.165) is 4.90 Å². The van der Waals surface area contributed by atoms with Gasteiger partial charge in [-0.2, -0.15) is 0 Å². The first-order valence-corrected chi connectivity index (χ1v) is 9.44. The van der Waals surface area contributed by atoms with Crippen LogP contribution in [-0.2, 0) is 23.8 Å². The number of hydrogen-bond acceptors (Lipinski definition) is 8. The highest BCUT2D eigenvalue weighted by atomic mass is 16.6. The monoisotopic (exact) mass is 410 g/mol. The maximum Gasteiger partial charge on any atom is 0.419 e. The molecule has 0 bridgehead atoms. The Morgan fingerprint density at radius 1 is 1.03 bits per heavy atom. The molecule has 0 N–H and O–H groups in total. The number of carbonyl (C=O) groups excluding carboxylic acids is 4. The number of ether oxygens (including phenoxy) is 3. The molecule has 1 rings (SSSR count). The molecular weight excluding hydrogens is 380 g/mol. The van der Waals surface area contributed by atoms with Gasteiger partial charge in [-0.3, -0.25) is 9.79 Å². The Balaban J connectivity index is 3.11. The molecule has 0 aliphatic carbocycles. The fraction of sp³-hybridized carbons (Fsp3) is 0.650. The Morgan fingerprint density at radius 2 is 1.55 bits per heavy atom. The summed E-state index contributed by atoms with van der Waals surface area (Å²) in [6.45, 7) is 11.6. The molecule has 1 heterocycles. The number of Topliss-reactive ketones (excluding diaryl/α,β-unsaturated/α-hetero) is 1. The van der Waals surface area contributed by atoms with Crippen LogP contribution in [0.4, 0.5) is 9.59 Å². The third-order valence-electron chi connectivity index (χ3n) is 3.37. The summed E-state index contributed by atoms with van der Waals surface area (Å²) in [4.78, 5) is 54.3. The molecule has 0 aromatic rings. The molecule has 0 saturated heterocycles. The predicted molar refractivity (Wildman–Crippen MR) is 106 cm³/mol. The van der Waals surface area contributed by atoms with Crippen molar-refractivity contribution < 1.29 is 33.4 Å². The van der Waals surface area contributed by atoms with Crippen molar-refractivity contribution in [1.29, 1.82) is 0 Å². The first-order chi connectivity index (χ1) is 13.2. The molecule has 1 aliphatic rings. The molecule has 0 fully saturated rings. The molecule has 0 spiro atoms. The van der Waals surface area contributed by atoms with Crippen molar-refractivity contribution in [3.8, 4) is 0 Å². The number of ketones is 1. The van der Waals surface area contributed by atoms with Gasteiger partial charge in [0, 0.05) is 25.6 Å². The van der Waals surface area contributed by atoms with Gasteiger partial charge in [0.2, 0.25) is 0 Å². The highest BCUT2D eigenvalue weighted by Crippen LogP contribution is 2.21. The number of aliphatic imine (C=N–C) groups is 1. The third kappa shape index (κ3) is 8.05. The quantitative estimate of drug-likeness (QED) is 0.388. The van der Waals surface area contributed by atoms with Crippen LogP contribution in [0, 0.1) is 0 Å². The second-order valence-electron chi connectivity index (χ2n) is 8.34. The summed E-state index contributed by atoms with van der Waals surface area (Å²) >= 11 is 0. The van der Waals surface area contributed by atoms with Crippen LogP contribution in [0.2, 0.25) is 0 Å². The predicted octanol–water partition coefficient (Wildman–Crippen LogP) is 3.41. The highest BCUT2D eigenvalue weighted by Gasteiger charge is 2.32. The van der Waals surface area contributed by atoms with Gasteiger partial charge in [-0.1, -0.05) is 0 Å². The lowest BCUT2D eigenvalue weighted by Gasteiger charge is -2.28. The topological polar surface area (TPSA) is 112 Å². The maximum absolute atomic E-state index is 12.5. The van der Waals surface area contributed by atoms with E-state index in [1.165, 1.54) is 6.21 Å². The van der Waals surface area contributed by atoms with Gasteiger partial charge in [0.15, 0.2) is 5.78 Å². The Labute approximate surface area is 171 Å². The molecule has 1 aliphatic heterocycles. The van der Waals surface area contributed by atoms with E-state index in [2.05, 4.69) is 4.99 Å². The third-order valence-corrected chi connectivity index (χ3v) is 3.37. The lowest BCUT2D eigenvalue weighted by atomic mass is 10.0. The van der Waals surface area contributed by atoms with Crippen molar-refractivity contribution in [2.45, 2.75) is 72.5 Å². The molecule has 0 aromatic heterocycles. The maximum atomic E-state index is 12.5. The van der Waals surface area contributed by atoms with E-state index in [-0.39, 0.29) is 37.3 Å². The average molecular weight is 410 g/mol. The minimum absolute atomic E-state index is 0.0144. The van der Waals surface area contributed by atoms with Gasteiger partial charge in [-0.25, -0.2) is 19.3 Å². The minimum Gasteiger partial charge on any atom is -0.462 e. The molecule has 9 nitrogen and oxygen atoms in total. The molecule has 0 atom stereocenters. The molecule has 0 saturated carbocycles. The van der Waals surface area contributed by atoms with E-state index in [4.69, 9.17) is 14.2 Å². The van der Waals surface area contributed by atoms with E-state index in [1.54, 1.807) is 48.5 Å². The zero-order valence-corrected chi connectivity index (χ0v) is 18.2. The van der Waals surface area contributed by atoms with E-state index < -0.39 is 35.1 Å². The molecule has 29 heavy (non-hydrogen) atoms. The zero-order chi connectivity index (χ0) is 22.4. The number of nitrogens with zero attached hydrogens (tertiary/aromatic N) is 2. The minimum atomic E-state index is -0.892. The number of amides is 2. The van der Waals surface area contributed by atoms with Gasteiger partial charge >= 0.3 is 18.2 Å². The van der Waals surface area contributed by atoms with Gasteiger partial charge in [-0.15, -0.1) is 0 Å². The molecule has 0 radical (unpaired) electrons. The second kappa shape index (κ2) is 9.67. The molecule has 0 unspecified atom stereocenters.